The van der Waals surface area contributed by atoms with Crippen LogP contribution in [0.3, 0.4) is 0 Å². The first kappa shape index (κ1) is 26.9. The lowest BCUT2D eigenvalue weighted by Crippen LogP contribution is -2.17. The highest BCUT2D eigenvalue weighted by Gasteiger charge is 2.42. The number of phosphoric acid groups is 3. The van der Waals surface area contributed by atoms with Gasteiger partial charge in [0, 0.05) is 24.5 Å². The van der Waals surface area contributed by atoms with Crippen molar-refractivity contribution in [3.05, 3.63) is 31.0 Å². The second kappa shape index (κ2) is 9.97. The first-order chi connectivity index (χ1) is 16.7. The maximum absolute atomic E-state index is 12.0. The molecule has 36 heavy (non-hydrogen) atoms. The number of rotatable bonds is 9. The molecule has 1 aliphatic rings. The quantitative estimate of drug-likeness (QED) is 0.231. The van der Waals surface area contributed by atoms with Crippen LogP contribution in [0.25, 0.3) is 22.4 Å². The highest BCUT2D eigenvalue weighted by Crippen LogP contribution is 2.66. The van der Waals surface area contributed by atoms with E-state index < -0.39 is 42.4 Å². The maximum atomic E-state index is 12.0. The van der Waals surface area contributed by atoms with Crippen molar-refractivity contribution in [3.63, 3.8) is 0 Å². The fraction of sp³-hybridized carbons (Fsp3) is 0.375. The van der Waals surface area contributed by atoms with Gasteiger partial charge >= 0.3 is 23.5 Å². The SMILES string of the molecule is CC1CC(COP(=O)(O)OP(=O)(O)OP(=O)(O)O)OC1n1cc(-c2ncccn2)c2c(N)ncnc21. The van der Waals surface area contributed by atoms with Crippen LogP contribution in [0, 0.1) is 5.92 Å². The van der Waals surface area contributed by atoms with Gasteiger partial charge in [0.1, 0.15) is 24.0 Å². The normalized spacial score (nSPS) is 24.0. The summed E-state index contributed by atoms with van der Waals surface area (Å²) in [4.78, 5) is 53.0. The zero-order valence-electron chi connectivity index (χ0n) is 18.3. The van der Waals surface area contributed by atoms with E-state index in [9.17, 15) is 23.5 Å². The first-order valence-electron chi connectivity index (χ1n) is 10.1. The second-order valence-electron chi connectivity index (χ2n) is 7.73. The van der Waals surface area contributed by atoms with E-state index in [-0.39, 0.29) is 11.7 Å². The molecule has 5 atom stereocenters. The number of hydrogen-bond acceptors (Lipinski definition) is 12. The third-order valence-corrected chi connectivity index (χ3v) is 8.81. The van der Waals surface area contributed by atoms with E-state index in [0.29, 0.717) is 28.8 Å². The lowest BCUT2D eigenvalue weighted by Gasteiger charge is -2.19. The van der Waals surface area contributed by atoms with Crippen molar-refractivity contribution in [2.45, 2.75) is 25.7 Å². The molecule has 3 aromatic rings. The van der Waals surface area contributed by atoms with Gasteiger partial charge in [-0.15, -0.1) is 0 Å². The average Bonchev–Trinajstić information content (AvgIpc) is 3.31. The molecule has 0 radical (unpaired) electrons. The molecule has 196 valence electrons. The van der Waals surface area contributed by atoms with Gasteiger partial charge in [-0.05, 0) is 12.5 Å². The highest BCUT2D eigenvalue weighted by molar-refractivity contribution is 7.66. The zero-order chi connectivity index (χ0) is 26.3. The van der Waals surface area contributed by atoms with E-state index >= 15 is 0 Å². The number of aromatic nitrogens is 5. The van der Waals surface area contributed by atoms with Crippen LogP contribution in [0.5, 0.6) is 0 Å². The third kappa shape index (κ3) is 6.22. The Morgan fingerprint density at radius 3 is 2.44 bits per heavy atom. The number of phosphoric ester groups is 1. The fourth-order valence-corrected chi connectivity index (χ4v) is 6.80. The molecule has 6 N–H and O–H groups in total. The van der Waals surface area contributed by atoms with E-state index in [0.717, 1.165) is 0 Å². The van der Waals surface area contributed by atoms with Crippen molar-refractivity contribution in [2.75, 3.05) is 12.3 Å². The van der Waals surface area contributed by atoms with Gasteiger partial charge in [-0.2, -0.15) is 8.62 Å². The predicted octanol–water partition coefficient (Wildman–Crippen LogP) is 1.74. The van der Waals surface area contributed by atoms with E-state index in [2.05, 4.69) is 28.6 Å². The second-order valence-corrected chi connectivity index (χ2v) is 12.1. The molecular formula is C16H21N6O11P3. The van der Waals surface area contributed by atoms with Gasteiger partial charge in [-0.3, -0.25) is 4.52 Å². The zero-order valence-corrected chi connectivity index (χ0v) is 21.0. The van der Waals surface area contributed by atoms with Crippen molar-refractivity contribution in [1.29, 1.82) is 0 Å². The van der Waals surface area contributed by atoms with Crippen LogP contribution >= 0.6 is 23.5 Å². The monoisotopic (exact) mass is 566 g/mol. The van der Waals surface area contributed by atoms with E-state index in [1.807, 2.05) is 6.92 Å². The Hall–Kier alpha value is -2.13. The molecule has 1 saturated heterocycles. The molecule has 0 aliphatic carbocycles. The number of ether oxygens (including phenoxy) is 1. The van der Waals surface area contributed by atoms with Crippen LogP contribution in [0.4, 0.5) is 5.82 Å². The van der Waals surface area contributed by atoms with Gasteiger partial charge < -0.3 is 34.6 Å². The number of fused-ring (bicyclic) bond motifs is 1. The van der Waals surface area contributed by atoms with Gasteiger partial charge in [0.25, 0.3) is 0 Å². The molecule has 17 nitrogen and oxygen atoms in total. The molecule has 0 bridgehead atoms. The van der Waals surface area contributed by atoms with Crippen LogP contribution in [-0.4, -0.2) is 56.8 Å². The van der Waals surface area contributed by atoms with Gasteiger partial charge in [0.2, 0.25) is 0 Å². The first-order valence-corrected chi connectivity index (χ1v) is 14.6. The number of nitrogen functional groups attached to an aromatic ring is 1. The lowest BCUT2D eigenvalue weighted by atomic mass is 10.1. The number of hydrogen-bond donors (Lipinski definition) is 5. The molecule has 0 aromatic carbocycles. The van der Waals surface area contributed by atoms with Gasteiger partial charge in [0.05, 0.1) is 23.7 Å². The maximum Gasteiger partial charge on any atom is 0.490 e. The summed E-state index contributed by atoms with van der Waals surface area (Å²) in [6.07, 6.45) is 5.06. The number of nitrogens with zero attached hydrogens (tertiary/aromatic N) is 5. The fourth-order valence-electron chi connectivity index (χ4n) is 3.76. The molecule has 5 unspecified atom stereocenters. The summed E-state index contributed by atoms with van der Waals surface area (Å²) in [5.74, 6) is 0.421. The van der Waals surface area contributed by atoms with Crippen LogP contribution in [-0.2, 0) is 31.6 Å². The summed E-state index contributed by atoms with van der Waals surface area (Å²) in [6, 6.07) is 1.66. The summed E-state index contributed by atoms with van der Waals surface area (Å²) in [7, 11) is -16.4. The van der Waals surface area contributed by atoms with Crippen LogP contribution in [0.1, 0.15) is 19.6 Å². The minimum atomic E-state index is -5.61. The Labute approximate surface area is 202 Å². The summed E-state index contributed by atoms with van der Waals surface area (Å²) in [5, 5.41) is 0.510. The Morgan fingerprint density at radius 2 is 1.78 bits per heavy atom. The van der Waals surface area contributed by atoms with Crippen molar-refractivity contribution in [2.24, 2.45) is 5.92 Å². The molecule has 3 aromatic heterocycles. The number of nitrogens with two attached hydrogens (primary N) is 1. The van der Waals surface area contributed by atoms with Crippen molar-refractivity contribution < 1.29 is 51.2 Å². The Balaban J connectivity index is 1.51. The Morgan fingerprint density at radius 1 is 1.08 bits per heavy atom. The number of anilines is 1. The highest BCUT2D eigenvalue weighted by atomic mass is 31.3. The summed E-state index contributed by atoms with van der Waals surface area (Å²) in [6.45, 7) is 1.29. The standard InChI is InChI=1S/C16H21N6O11P3/c1-9-5-10(7-30-35(26,27)33-36(28,29)32-34(23,24)25)31-16(9)22-6-11(14-18-3-2-4-19-14)12-13(17)20-8-21-15(12)22/h2-4,6,8-10,16H,5,7H2,1H3,(H,26,27)(H,28,29)(H2,17,20,21)(H2,23,24,25). The minimum absolute atomic E-state index is 0.171. The van der Waals surface area contributed by atoms with Gasteiger partial charge in [0.15, 0.2) is 5.82 Å². The van der Waals surface area contributed by atoms with Gasteiger partial charge in [-0.1, -0.05) is 6.92 Å². The Kier molecular flexibility index (Phi) is 7.45. The molecular weight excluding hydrogens is 545 g/mol. The molecule has 0 saturated carbocycles. The molecule has 0 amide bonds. The Bertz CT molecular complexity index is 1400. The van der Waals surface area contributed by atoms with Crippen LogP contribution in [0.15, 0.2) is 31.0 Å². The third-order valence-electron chi connectivity index (χ3n) is 5.01. The van der Waals surface area contributed by atoms with E-state index in [4.69, 9.17) is 24.8 Å². The van der Waals surface area contributed by atoms with Crippen molar-refractivity contribution in [1.82, 2.24) is 24.5 Å². The van der Waals surface area contributed by atoms with Gasteiger partial charge in [-0.25, -0.2) is 33.6 Å². The largest absolute Gasteiger partial charge is 0.490 e. The molecule has 4 rings (SSSR count). The molecule has 0 spiro atoms. The van der Waals surface area contributed by atoms with Crippen LogP contribution in [0.2, 0.25) is 0 Å². The molecule has 4 heterocycles. The summed E-state index contributed by atoms with van der Waals surface area (Å²) < 4.78 is 54.1. The topological polar surface area (TPSA) is 252 Å². The van der Waals surface area contributed by atoms with Crippen molar-refractivity contribution >= 4 is 40.3 Å². The van der Waals surface area contributed by atoms with E-state index in [1.54, 1.807) is 29.2 Å². The average molecular weight is 566 g/mol. The summed E-state index contributed by atoms with van der Waals surface area (Å²) in [5.41, 5.74) is 7.10. The lowest BCUT2D eigenvalue weighted by molar-refractivity contribution is -0.0287. The van der Waals surface area contributed by atoms with Crippen LogP contribution < -0.4 is 5.73 Å². The molecule has 1 aliphatic heterocycles. The molecule has 20 heteroatoms. The summed E-state index contributed by atoms with van der Waals surface area (Å²) >= 11 is 0. The van der Waals surface area contributed by atoms with Crippen molar-refractivity contribution in [3.8, 4) is 11.4 Å². The predicted molar refractivity (Wildman–Crippen MR) is 120 cm³/mol. The molecule has 1 fully saturated rings. The van der Waals surface area contributed by atoms with E-state index in [1.165, 1.54) is 6.33 Å². The minimum Gasteiger partial charge on any atom is -0.383 e. The smallest absolute Gasteiger partial charge is 0.383 e.